The van der Waals surface area contributed by atoms with E-state index in [9.17, 15) is 4.79 Å². The Hall–Kier alpha value is -2.08. The van der Waals surface area contributed by atoms with Crippen molar-refractivity contribution in [2.45, 2.75) is 26.3 Å². The first-order chi connectivity index (χ1) is 8.19. The van der Waals surface area contributed by atoms with Gasteiger partial charge in [-0.3, -0.25) is 4.79 Å². The number of nitriles is 1. The van der Waals surface area contributed by atoms with Crippen molar-refractivity contribution < 1.29 is 4.79 Å². The van der Waals surface area contributed by atoms with E-state index in [4.69, 9.17) is 5.26 Å². The van der Waals surface area contributed by atoms with Crippen molar-refractivity contribution in [1.29, 1.82) is 5.26 Å². The number of carbonyl (C=O) groups is 1. The molecule has 0 amide bonds. The summed E-state index contributed by atoms with van der Waals surface area (Å²) in [5, 5.41) is 9.92. The minimum absolute atomic E-state index is 0.175. The lowest BCUT2D eigenvalue weighted by Crippen LogP contribution is -2.14. The highest BCUT2D eigenvalue weighted by Crippen LogP contribution is 2.23. The second-order valence-electron chi connectivity index (χ2n) is 4.07. The third-order valence-electron chi connectivity index (χ3n) is 3.12. The number of aromatic nitrogens is 1. The number of fused-ring (bicyclic) bond motifs is 1. The summed E-state index contributed by atoms with van der Waals surface area (Å²) in [6, 6.07) is 9.47. The van der Waals surface area contributed by atoms with Gasteiger partial charge in [-0.05, 0) is 25.1 Å². The maximum absolute atomic E-state index is 11.7. The van der Waals surface area contributed by atoms with Crippen molar-refractivity contribution in [3.63, 3.8) is 0 Å². The largest absolute Gasteiger partial charge is 0.337 e. The lowest BCUT2D eigenvalue weighted by molar-refractivity contribution is -0.121. The highest BCUT2D eigenvalue weighted by molar-refractivity contribution is 5.89. The van der Waals surface area contributed by atoms with Gasteiger partial charge in [-0.25, -0.2) is 0 Å². The third-order valence-corrected chi connectivity index (χ3v) is 3.12. The van der Waals surface area contributed by atoms with Gasteiger partial charge in [0.2, 0.25) is 0 Å². The van der Waals surface area contributed by atoms with Gasteiger partial charge in [-0.15, -0.1) is 0 Å². The highest BCUT2D eigenvalue weighted by atomic mass is 16.1. The number of carbonyl (C=O) groups excluding carboxylic acids is 1. The minimum Gasteiger partial charge on any atom is -0.337 e. The van der Waals surface area contributed by atoms with Crippen molar-refractivity contribution in [1.82, 2.24) is 4.57 Å². The van der Waals surface area contributed by atoms with E-state index in [1.807, 2.05) is 42.8 Å². The molecule has 1 aromatic carbocycles. The molecule has 0 radical (unpaired) electrons. The van der Waals surface area contributed by atoms with E-state index in [-0.39, 0.29) is 11.8 Å². The molecule has 1 aromatic heterocycles. The number of rotatable bonds is 3. The predicted octanol–water partition coefficient (Wildman–Crippen LogP) is 3.05. The van der Waals surface area contributed by atoms with Crippen LogP contribution in [0.4, 0.5) is 0 Å². The van der Waals surface area contributed by atoms with E-state index in [0.29, 0.717) is 12.0 Å². The normalized spacial score (nSPS) is 12.3. The Bertz CT molecular complexity index is 604. The van der Waals surface area contributed by atoms with Gasteiger partial charge in [0, 0.05) is 23.5 Å². The van der Waals surface area contributed by atoms with Gasteiger partial charge in [0.1, 0.15) is 0 Å². The van der Waals surface area contributed by atoms with E-state index in [0.717, 1.165) is 10.9 Å². The quantitative estimate of drug-likeness (QED) is 0.807. The van der Waals surface area contributed by atoms with Gasteiger partial charge in [-0.2, -0.15) is 5.26 Å². The van der Waals surface area contributed by atoms with Gasteiger partial charge < -0.3 is 4.57 Å². The fourth-order valence-corrected chi connectivity index (χ4v) is 2.07. The monoisotopic (exact) mass is 226 g/mol. The van der Waals surface area contributed by atoms with Crippen molar-refractivity contribution in [3.05, 3.63) is 36.0 Å². The summed E-state index contributed by atoms with van der Waals surface area (Å²) in [5.74, 6) is 0.199. The Morgan fingerprint density at radius 3 is 2.88 bits per heavy atom. The van der Waals surface area contributed by atoms with Crippen LogP contribution in [0.25, 0.3) is 10.9 Å². The highest BCUT2D eigenvalue weighted by Gasteiger charge is 2.15. The molecule has 0 spiro atoms. The van der Waals surface area contributed by atoms with Gasteiger partial charge in [0.15, 0.2) is 5.78 Å². The van der Waals surface area contributed by atoms with Crippen molar-refractivity contribution in [2.24, 2.45) is 0 Å². The molecular formula is C14H14N2O. The van der Waals surface area contributed by atoms with Crippen LogP contribution in [0.15, 0.2) is 30.5 Å². The standard InChI is InChI=1S/C14H14N2O/c1-3-14(17)10(2)16-8-7-12-11(9-15)5-4-6-13(12)16/h4-8,10H,3H2,1-2H3. The van der Waals surface area contributed by atoms with Gasteiger partial charge in [-0.1, -0.05) is 13.0 Å². The lowest BCUT2D eigenvalue weighted by Gasteiger charge is -2.13. The fourth-order valence-electron chi connectivity index (χ4n) is 2.07. The first-order valence-electron chi connectivity index (χ1n) is 5.71. The van der Waals surface area contributed by atoms with Crippen LogP contribution in [0.3, 0.4) is 0 Å². The van der Waals surface area contributed by atoms with Gasteiger partial charge in [0.25, 0.3) is 0 Å². The van der Waals surface area contributed by atoms with Crippen LogP contribution in [0.2, 0.25) is 0 Å². The molecule has 0 saturated carbocycles. The number of ketones is 1. The van der Waals surface area contributed by atoms with Crippen LogP contribution >= 0.6 is 0 Å². The van der Waals surface area contributed by atoms with Crippen molar-refractivity contribution in [3.8, 4) is 6.07 Å². The first kappa shape index (κ1) is 11.4. The average molecular weight is 226 g/mol. The number of Topliss-reactive ketones (excluding diaryl/α,β-unsaturated/α-hetero) is 1. The second kappa shape index (κ2) is 4.42. The predicted molar refractivity (Wildman–Crippen MR) is 66.7 cm³/mol. The zero-order valence-electron chi connectivity index (χ0n) is 9.97. The van der Waals surface area contributed by atoms with Crippen LogP contribution in [-0.4, -0.2) is 10.4 Å². The third kappa shape index (κ3) is 1.83. The Morgan fingerprint density at radius 1 is 1.47 bits per heavy atom. The lowest BCUT2D eigenvalue weighted by atomic mass is 10.1. The topological polar surface area (TPSA) is 45.8 Å². The van der Waals surface area contributed by atoms with Crippen LogP contribution in [0.5, 0.6) is 0 Å². The maximum atomic E-state index is 11.7. The minimum atomic E-state index is -0.175. The van der Waals surface area contributed by atoms with E-state index < -0.39 is 0 Å². The molecule has 1 heterocycles. The summed E-state index contributed by atoms with van der Waals surface area (Å²) in [5.41, 5.74) is 1.59. The molecule has 86 valence electrons. The molecule has 0 aliphatic carbocycles. The summed E-state index contributed by atoms with van der Waals surface area (Å²) >= 11 is 0. The smallest absolute Gasteiger partial charge is 0.155 e. The number of hydrogen-bond acceptors (Lipinski definition) is 2. The van der Waals surface area contributed by atoms with Crippen LogP contribution in [0.1, 0.15) is 31.9 Å². The number of hydrogen-bond donors (Lipinski definition) is 0. The van der Waals surface area contributed by atoms with Crippen molar-refractivity contribution >= 4 is 16.7 Å². The molecule has 0 fully saturated rings. The Morgan fingerprint density at radius 2 is 2.24 bits per heavy atom. The number of benzene rings is 1. The summed E-state index contributed by atoms with van der Waals surface area (Å²) < 4.78 is 1.93. The molecule has 0 N–H and O–H groups in total. The van der Waals surface area contributed by atoms with Crippen LogP contribution < -0.4 is 0 Å². The zero-order chi connectivity index (χ0) is 12.4. The Balaban J connectivity index is 2.58. The Labute approximate surface area is 100 Å². The molecule has 1 atom stereocenters. The zero-order valence-corrected chi connectivity index (χ0v) is 9.97. The number of nitrogens with zero attached hydrogens (tertiary/aromatic N) is 2. The van der Waals surface area contributed by atoms with E-state index in [1.165, 1.54) is 0 Å². The fraction of sp³-hybridized carbons (Fsp3) is 0.286. The van der Waals surface area contributed by atoms with Gasteiger partial charge in [0.05, 0.1) is 17.7 Å². The summed E-state index contributed by atoms with van der Waals surface area (Å²) in [6.07, 6.45) is 2.41. The van der Waals surface area contributed by atoms with Crippen LogP contribution in [0, 0.1) is 11.3 Å². The molecule has 2 rings (SSSR count). The SMILES string of the molecule is CCC(=O)C(C)n1ccc2c(C#N)cccc21. The maximum Gasteiger partial charge on any atom is 0.155 e. The second-order valence-corrected chi connectivity index (χ2v) is 4.07. The molecule has 3 nitrogen and oxygen atoms in total. The Kier molecular flexibility index (Phi) is 2.97. The summed E-state index contributed by atoms with van der Waals surface area (Å²) in [6.45, 7) is 3.76. The van der Waals surface area contributed by atoms with Crippen molar-refractivity contribution in [2.75, 3.05) is 0 Å². The molecule has 2 aromatic rings. The van der Waals surface area contributed by atoms with Crippen LogP contribution in [-0.2, 0) is 4.79 Å². The molecule has 3 heteroatoms. The first-order valence-corrected chi connectivity index (χ1v) is 5.71. The molecule has 0 aliphatic heterocycles. The summed E-state index contributed by atoms with van der Waals surface area (Å²) in [7, 11) is 0. The molecule has 0 saturated heterocycles. The van der Waals surface area contributed by atoms with Gasteiger partial charge >= 0.3 is 0 Å². The van der Waals surface area contributed by atoms with E-state index in [2.05, 4.69) is 6.07 Å². The van der Waals surface area contributed by atoms with E-state index >= 15 is 0 Å². The average Bonchev–Trinajstić information content (AvgIpc) is 2.80. The molecule has 1 unspecified atom stereocenters. The molecule has 0 aliphatic rings. The molecule has 17 heavy (non-hydrogen) atoms. The van der Waals surface area contributed by atoms with E-state index in [1.54, 1.807) is 6.07 Å². The molecule has 0 bridgehead atoms. The molecular weight excluding hydrogens is 212 g/mol. The summed E-state index contributed by atoms with van der Waals surface area (Å²) in [4.78, 5) is 11.7.